The van der Waals surface area contributed by atoms with Crippen LogP contribution in [-0.2, 0) is 16.6 Å². The molecule has 7 heteroatoms. The van der Waals surface area contributed by atoms with Gasteiger partial charge in [-0.3, -0.25) is 0 Å². The van der Waals surface area contributed by atoms with Crippen molar-refractivity contribution in [2.45, 2.75) is 62.6 Å². The van der Waals surface area contributed by atoms with Crippen LogP contribution < -0.4 is 10.0 Å². The fourth-order valence-corrected chi connectivity index (χ4v) is 6.32. The lowest BCUT2D eigenvalue weighted by Crippen LogP contribution is -2.32. The zero-order chi connectivity index (χ0) is 15.0. The molecule has 0 radical (unpaired) electrons. The number of halogens is 1. The van der Waals surface area contributed by atoms with E-state index in [1.54, 1.807) is 6.07 Å². The molecule has 4 nitrogen and oxygen atoms in total. The lowest BCUT2D eigenvalue weighted by Gasteiger charge is -2.13. The van der Waals surface area contributed by atoms with Crippen LogP contribution in [0.4, 0.5) is 0 Å². The van der Waals surface area contributed by atoms with Gasteiger partial charge in [0.2, 0.25) is 10.0 Å². The second kappa shape index (κ2) is 6.28. The van der Waals surface area contributed by atoms with Gasteiger partial charge in [-0.1, -0.05) is 12.8 Å². The molecule has 0 amide bonds. The number of sulfonamides is 1. The van der Waals surface area contributed by atoms with E-state index >= 15 is 0 Å². The monoisotopic (exact) mass is 392 g/mol. The van der Waals surface area contributed by atoms with Crippen molar-refractivity contribution >= 4 is 37.3 Å². The van der Waals surface area contributed by atoms with Gasteiger partial charge in [-0.2, -0.15) is 0 Å². The first kappa shape index (κ1) is 15.9. The average molecular weight is 393 g/mol. The molecule has 0 spiro atoms. The van der Waals surface area contributed by atoms with Crippen molar-refractivity contribution in [3.63, 3.8) is 0 Å². The van der Waals surface area contributed by atoms with Gasteiger partial charge in [-0.15, -0.1) is 11.3 Å². The molecule has 1 unspecified atom stereocenters. The minimum Gasteiger partial charge on any atom is -0.309 e. The van der Waals surface area contributed by atoms with E-state index in [-0.39, 0.29) is 6.04 Å². The van der Waals surface area contributed by atoms with Crippen molar-refractivity contribution in [1.29, 1.82) is 0 Å². The molecule has 0 bridgehead atoms. The van der Waals surface area contributed by atoms with Crippen LogP contribution in [0, 0.1) is 5.92 Å². The third-order valence-corrected chi connectivity index (χ3v) is 7.72. The van der Waals surface area contributed by atoms with Crippen molar-refractivity contribution in [3.8, 4) is 0 Å². The lowest BCUT2D eigenvalue weighted by molar-refractivity contribution is 0.530. The van der Waals surface area contributed by atoms with Crippen LogP contribution in [0.25, 0.3) is 0 Å². The van der Waals surface area contributed by atoms with Gasteiger partial charge in [0.15, 0.2) is 0 Å². The van der Waals surface area contributed by atoms with Crippen LogP contribution in [0.1, 0.15) is 43.9 Å². The highest BCUT2D eigenvalue weighted by Crippen LogP contribution is 2.35. The molecule has 1 aromatic rings. The van der Waals surface area contributed by atoms with Crippen molar-refractivity contribution in [3.05, 3.63) is 14.7 Å². The highest BCUT2D eigenvalue weighted by Gasteiger charge is 2.28. The minimum absolute atomic E-state index is 0.00217. The van der Waals surface area contributed by atoms with Gasteiger partial charge in [-0.25, -0.2) is 13.1 Å². The van der Waals surface area contributed by atoms with Gasteiger partial charge < -0.3 is 5.32 Å². The maximum Gasteiger partial charge on any atom is 0.242 e. The fourth-order valence-electron chi connectivity index (χ4n) is 2.43. The van der Waals surface area contributed by atoms with Gasteiger partial charge in [0.05, 0.1) is 3.79 Å². The Kier molecular flexibility index (Phi) is 4.76. The Morgan fingerprint density at radius 3 is 2.71 bits per heavy atom. The molecule has 1 heterocycles. The van der Waals surface area contributed by atoms with Crippen molar-refractivity contribution < 1.29 is 8.42 Å². The molecule has 2 N–H and O–H groups in total. The highest BCUT2D eigenvalue weighted by atomic mass is 79.9. The summed E-state index contributed by atoms with van der Waals surface area (Å²) < 4.78 is 28.4. The van der Waals surface area contributed by atoms with E-state index in [9.17, 15) is 8.42 Å². The number of hydrogen-bond acceptors (Lipinski definition) is 4. The Morgan fingerprint density at radius 1 is 1.38 bits per heavy atom. The van der Waals surface area contributed by atoms with Crippen LogP contribution in [0.15, 0.2) is 14.7 Å². The molecule has 1 aromatic heterocycles. The highest BCUT2D eigenvalue weighted by molar-refractivity contribution is 9.11. The largest absolute Gasteiger partial charge is 0.309 e. The minimum atomic E-state index is -3.42. The maximum absolute atomic E-state index is 12.5. The third kappa shape index (κ3) is 4.51. The first-order valence-electron chi connectivity index (χ1n) is 7.48. The van der Waals surface area contributed by atoms with Gasteiger partial charge >= 0.3 is 0 Å². The van der Waals surface area contributed by atoms with Crippen molar-refractivity contribution in [2.75, 3.05) is 0 Å². The van der Waals surface area contributed by atoms with Gasteiger partial charge in [0.25, 0.3) is 0 Å². The van der Waals surface area contributed by atoms with Gasteiger partial charge in [0, 0.05) is 23.5 Å². The molecule has 2 aliphatic carbocycles. The zero-order valence-electron chi connectivity index (χ0n) is 12.1. The Labute approximate surface area is 138 Å². The SMILES string of the molecule is CC(CC1CC1)NS(=O)(=O)c1cc(CNC2CC2)sc1Br. The number of rotatable bonds is 8. The van der Waals surface area contributed by atoms with E-state index in [0.29, 0.717) is 20.6 Å². The van der Waals surface area contributed by atoms with E-state index < -0.39 is 10.0 Å². The Morgan fingerprint density at radius 2 is 2.10 bits per heavy atom. The molecule has 0 aliphatic heterocycles. The smallest absolute Gasteiger partial charge is 0.242 e. The van der Waals surface area contributed by atoms with Crippen LogP contribution in [0.3, 0.4) is 0 Å². The first-order valence-corrected chi connectivity index (χ1v) is 10.6. The first-order chi connectivity index (χ1) is 9.94. The molecular weight excluding hydrogens is 372 g/mol. The van der Waals surface area contributed by atoms with Gasteiger partial charge in [0.1, 0.15) is 4.90 Å². The summed E-state index contributed by atoms with van der Waals surface area (Å²) in [4.78, 5) is 1.44. The fraction of sp³-hybridized carbons (Fsp3) is 0.714. The quantitative estimate of drug-likeness (QED) is 0.713. The molecule has 3 rings (SSSR count). The average Bonchev–Trinajstić information content (AvgIpc) is 3.28. The van der Waals surface area contributed by atoms with Crippen molar-refractivity contribution in [2.24, 2.45) is 5.92 Å². The van der Waals surface area contributed by atoms with E-state index in [1.165, 1.54) is 37.0 Å². The molecule has 2 saturated carbocycles. The summed E-state index contributed by atoms with van der Waals surface area (Å²) >= 11 is 4.90. The van der Waals surface area contributed by atoms with E-state index in [2.05, 4.69) is 26.0 Å². The maximum atomic E-state index is 12.5. The molecule has 118 valence electrons. The summed E-state index contributed by atoms with van der Waals surface area (Å²) in [6, 6.07) is 2.42. The van der Waals surface area contributed by atoms with E-state index in [1.807, 2.05) is 6.92 Å². The second-order valence-corrected chi connectivity index (χ2v) is 10.3. The molecule has 1 atom stereocenters. The van der Waals surface area contributed by atoms with Crippen molar-refractivity contribution in [1.82, 2.24) is 10.0 Å². The third-order valence-electron chi connectivity index (χ3n) is 3.88. The van der Waals surface area contributed by atoms with Crippen LogP contribution in [0.2, 0.25) is 0 Å². The normalized spacial score (nSPS) is 20.7. The van der Waals surface area contributed by atoms with E-state index in [4.69, 9.17) is 0 Å². The van der Waals surface area contributed by atoms with E-state index in [0.717, 1.165) is 17.8 Å². The van der Waals surface area contributed by atoms with Crippen LogP contribution in [-0.4, -0.2) is 20.5 Å². The Hall–Kier alpha value is 0.0500. The molecule has 2 aliphatic rings. The topological polar surface area (TPSA) is 58.2 Å². The lowest BCUT2D eigenvalue weighted by atomic mass is 10.2. The molecule has 21 heavy (non-hydrogen) atoms. The predicted molar refractivity (Wildman–Crippen MR) is 89.0 cm³/mol. The number of hydrogen-bond donors (Lipinski definition) is 2. The summed E-state index contributed by atoms with van der Waals surface area (Å²) in [6.07, 6.45) is 5.89. The Bertz CT molecular complexity index is 606. The summed E-state index contributed by atoms with van der Waals surface area (Å²) in [6.45, 7) is 2.70. The molecule has 0 aromatic carbocycles. The zero-order valence-corrected chi connectivity index (χ0v) is 15.3. The summed E-state index contributed by atoms with van der Waals surface area (Å²) in [5.74, 6) is 0.715. The second-order valence-electron chi connectivity index (χ2n) is 6.21. The summed E-state index contributed by atoms with van der Waals surface area (Å²) in [7, 11) is -3.42. The van der Waals surface area contributed by atoms with Crippen LogP contribution >= 0.6 is 27.3 Å². The Balaban J connectivity index is 1.64. The molecular formula is C14H21BrN2O2S2. The molecule has 2 fully saturated rings. The number of nitrogens with one attached hydrogen (secondary N) is 2. The summed E-state index contributed by atoms with van der Waals surface area (Å²) in [5.41, 5.74) is 0. The molecule has 0 saturated heterocycles. The van der Waals surface area contributed by atoms with Gasteiger partial charge in [-0.05, 0) is 54.1 Å². The standard InChI is InChI=1S/C14H21BrN2O2S2/c1-9(6-10-2-3-10)17-21(18,19)13-7-12(20-14(13)15)8-16-11-4-5-11/h7,9-11,16-17H,2-6,8H2,1H3. The summed E-state index contributed by atoms with van der Waals surface area (Å²) in [5, 5.41) is 3.41. The number of thiophene rings is 1. The predicted octanol–water partition coefficient (Wildman–Crippen LogP) is 3.23. The van der Waals surface area contributed by atoms with Crippen LogP contribution in [0.5, 0.6) is 0 Å².